The summed E-state index contributed by atoms with van der Waals surface area (Å²) < 4.78 is 84.8. The summed E-state index contributed by atoms with van der Waals surface area (Å²) in [5, 5.41) is 2.06. The maximum atomic E-state index is 14.4. The van der Waals surface area contributed by atoms with Gasteiger partial charge in [0.1, 0.15) is 0 Å². The summed E-state index contributed by atoms with van der Waals surface area (Å²) in [7, 11) is -1.78. The van der Waals surface area contributed by atoms with Crippen molar-refractivity contribution < 1.29 is 26.3 Å². The molecule has 0 amide bonds. The number of hydrogen-bond acceptors (Lipinski definition) is 0. The summed E-state index contributed by atoms with van der Waals surface area (Å²) in [5.74, 6) is 1.66. The Morgan fingerprint density at radius 2 is 1.29 bits per heavy atom. The molecule has 2 aromatic rings. The van der Waals surface area contributed by atoms with Crippen molar-refractivity contribution in [3.8, 4) is 0 Å². The summed E-state index contributed by atoms with van der Waals surface area (Å²) in [5.41, 5.74) is 0.121. The Morgan fingerprint density at radius 1 is 0.694 bits per heavy atom. The molecule has 4 aliphatic rings. The SMILES string of the molecule is C[C@@H](P(C(C)(C)C)C(C)(C)C)C12CCCC1P(c1ccc(C(F)(F)F)cc1)c1ccc(C(F)(F)F)cc1[C@@H]1CCC(C1)C1CCCCC2C1. The molecule has 3 fully saturated rings. The first kappa shape index (κ1) is 37.6. The van der Waals surface area contributed by atoms with Gasteiger partial charge in [0.05, 0.1) is 11.1 Å². The van der Waals surface area contributed by atoms with Crippen LogP contribution in [0.4, 0.5) is 26.3 Å². The first-order valence-corrected chi connectivity index (χ1v) is 21.5. The fraction of sp³-hybridized carbons (Fsp3) is 0.707. The zero-order chi connectivity index (χ0) is 35.7. The number of halogens is 6. The molecule has 272 valence electrons. The third-order valence-electron chi connectivity index (χ3n) is 13.0. The van der Waals surface area contributed by atoms with Crippen LogP contribution in [0.25, 0.3) is 0 Å². The summed E-state index contributed by atoms with van der Waals surface area (Å²) in [4.78, 5) is 0. The molecule has 2 aromatic carbocycles. The van der Waals surface area contributed by atoms with E-state index in [2.05, 4.69) is 48.5 Å². The number of benzene rings is 2. The normalized spacial score (nSPS) is 31.9. The van der Waals surface area contributed by atoms with Crippen LogP contribution in [-0.2, 0) is 12.4 Å². The fourth-order valence-corrected chi connectivity index (χ4v) is 20.9. The minimum Gasteiger partial charge on any atom is -0.166 e. The van der Waals surface area contributed by atoms with Crippen LogP contribution in [0.3, 0.4) is 0 Å². The standard InChI is InChI=1S/C41H56F6P2/c1-26(49(37(2,3)4)38(5,6)7)39-22-10-13-36(39)48(33-19-16-30(17-20-33)40(42,43)44)35-21-18-32(41(45,46)47)25-34(35)29-15-14-28(23-29)27-11-8-9-12-31(39)24-27/h16-21,25-29,31,36H,8-15,22-24H2,1-7H3/t26-,27?,28?,29-,31?,36?,39?,48?/m1/s1. The molecule has 1 aliphatic heterocycles. The number of fused-ring (bicyclic) bond motifs is 9. The Labute approximate surface area is 293 Å². The van der Waals surface area contributed by atoms with Gasteiger partial charge in [-0.15, -0.1) is 0 Å². The van der Waals surface area contributed by atoms with Gasteiger partial charge in [0.15, 0.2) is 0 Å². The van der Waals surface area contributed by atoms with Gasteiger partial charge in [-0.3, -0.25) is 0 Å². The van der Waals surface area contributed by atoms with Gasteiger partial charge in [0.2, 0.25) is 0 Å². The summed E-state index contributed by atoms with van der Waals surface area (Å²) in [6.45, 7) is 16.9. The Morgan fingerprint density at radius 3 is 1.90 bits per heavy atom. The molecule has 0 saturated heterocycles. The highest BCUT2D eigenvalue weighted by molar-refractivity contribution is 7.73. The number of hydrogen-bond donors (Lipinski definition) is 0. The molecule has 4 bridgehead atoms. The molecule has 3 saturated carbocycles. The topological polar surface area (TPSA) is 0 Å². The van der Waals surface area contributed by atoms with E-state index >= 15 is 0 Å². The molecule has 49 heavy (non-hydrogen) atoms. The summed E-state index contributed by atoms with van der Waals surface area (Å²) >= 11 is 0. The molecule has 1 heterocycles. The molecular weight excluding hydrogens is 668 g/mol. The van der Waals surface area contributed by atoms with Crippen molar-refractivity contribution in [1.29, 1.82) is 0 Å². The molecule has 0 spiro atoms. The molecule has 6 rings (SSSR count). The molecule has 0 N–H and O–H groups in total. The van der Waals surface area contributed by atoms with Gasteiger partial charge < -0.3 is 0 Å². The molecule has 8 atom stereocenters. The third kappa shape index (κ3) is 7.15. The van der Waals surface area contributed by atoms with Gasteiger partial charge in [-0.1, -0.05) is 100 Å². The van der Waals surface area contributed by atoms with Gasteiger partial charge in [-0.2, -0.15) is 26.3 Å². The van der Waals surface area contributed by atoms with Gasteiger partial charge in [-0.25, -0.2) is 0 Å². The molecule has 0 nitrogen and oxygen atoms in total. The van der Waals surface area contributed by atoms with E-state index in [1.807, 2.05) is 0 Å². The summed E-state index contributed by atoms with van der Waals surface area (Å²) in [6.07, 6.45) is 3.12. The lowest BCUT2D eigenvalue weighted by molar-refractivity contribution is -0.138. The van der Waals surface area contributed by atoms with Gasteiger partial charge >= 0.3 is 12.4 Å². The first-order valence-electron chi connectivity index (χ1n) is 18.7. The van der Waals surface area contributed by atoms with Crippen molar-refractivity contribution in [3.63, 3.8) is 0 Å². The second kappa shape index (κ2) is 13.4. The van der Waals surface area contributed by atoms with Gasteiger partial charge in [0, 0.05) is 0 Å². The van der Waals surface area contributed by atoms with Crippen LogP contribution < -0.4 is 10.6 Å². The highest BCUT2D eigenvalue weighted by atomic mass is 31.1. The first-order chi connectivity index (χ1) is 22.7. The van der Waals surface area contributed by atoms with E-state index in [-0.39, 0.29) is 27.3 Å². The van der Waals surface area contributed by atoms with Crippen LogP contribution in [0.1, 0.15) is 142 Å². The van der Waals surface area contributed by atoms with Crippen LogP contribution in [0.5, 0.6) is 0 Å². The van der Waals surface area contributed by atoms with Crippen molar-refractivity contribution in [2.75, 3.05) is 0 Å². The minimum atomic E-state index is -4.45. The van der Waals surface area contributed by atoms with E-state index in [1.165, 1.54) is 56.4 Å². The zero-order valence-corrected chi connectivity index (χ0v) is 32.2. The minimum absolute atomic E-state index is 0.0349. The number of alkyl halides is 6. The second-order valence-electron chi connectivity index (χ2n) is 17.8. The Hall–Kier alpha value is -1.12. The second-order valence-corrected chi connectivity index (χ2v) is 24.4. The zero-order valence-electron chi connectivity index (χ0n) is 30.4. The lowest BCUT2D eigenvalue weighted by Gasteiger charge is -2.57. The maximum absolute atomic E-state index is 14.4. The molecular formula is C41H56F6P2. The van der Waals surface area contributed by atoms with E-state index in [1.54, 1.807) is 18.2 Å². The quantitative estimate of drug-likeness (QED) is 0.218. The van der Waals surface area contributed by atoms with Crippen molar-refractivity contribution in [3.05, 3.63) is 59.2 Å². The van der Waals surface area contributed by atoms with Crippen LogP contribution in [0.15, 0.2) is 42.5 Å². The van der Waals surface area contributed by atoms with E-state index in [0.717, 1.165) is 54.7 Å². The van der Waals surface area contributed by atoms with Crippen LogP contribution in [0, 0.1) is 23.2 Å². The van der Waals surface area contributed by atoms with Crippen LogP contribution in [0.2, 0.25) is 0 Å². The Kier molecular flexibility index (Phi) is 10.3. The monoisotopic (exact) mass is 724 g/mol. The van der Waals surface area contributed by atoms with Gasteiger partial charge in [-0.05, 0) is 144 Å². The fourth-order valence-electron chi connectivity index (χ4n) is 11.7. The van der Waals surface area contributed by atoms with Crippen molar-refractivity contribution in [2.24, 2.45) is 23.2 Å². The summed E-state index contributed by atoms with van der Waals surface area (Å²) in [6, 6.07) is 10.3. The van der Waals surface area contributed by atoms with Gasteiger partial charge in [0.25, 0.3) is 0 Å². The largest absolute Gasteiger partial charge is 0.416 e. The molecule has 0 aromatic heterocycles. The lowest BCUT2D eigenvalue weighted by Crippen LogP contribution is -2.50. The predicted octanol–water partition coefficient (Wildman–Crippen LogP) is 13.3. The highest BCUT2D eigenvalue weighted by Gasteiger charge is 2.59. The van der Waals surface area contributed by atoms with Crippen molar-refractivity contribution >= 4 is 26.5 Å². The predicted molar refractivity (Wildman–Crippen MR) is 195 cm³/mol. The lowest BCUT2D eigenvalue weighted by atomic mass is 9.65. The smallest absolute Gasteiger partial charge is 0.166 e. The molecule has 0 radical (unpaired) electrons. The van der Waals surface area contributed by atoms with E-state index < -0.39 is 39.3 Å². The van der Waals surface area contributed by atoms with E-state index in [4.69, 9.17) is 0 Å². The molecule has 3 aliphatic carbocycles. The van der Waals surface area contributed by atoms with Crippen LogP contribution >= 0.6 is 15.8 Å². The Bertz CT molecular complexity index is 1450. The average molecular weight is 725 g/mol. The van der Waals surface area contributed by atoms with E-state index in [9.17, 15) is 26.3 Å². The molecule has 6 unspecified atom stereocenters. The average Bonchev–Trinajstić information content (AvgIpc) is 3.57. The highest BCUT2D eigenvalue weighted by Crippen LogP contribution is 2.74. The third-order valence-corrected chi connectivity index (χ3v) is 20.3. The van der Waals surface area contributed by atoms with E-state index in [0.29, 0.717) is 23.4 Å². The number of rotatable bonds is 3. The van der Waals surface area contributed by atoms with Crippen LogP contribution in [-0.4, -0.2) is 21.6 Å². The molecule has 8 heteroatoms. The Balaban J connectivity index is 1.65. The van der Waals surface area contributed by atoms with Crippen molar-refractivity contribution in [2.45, 2.75) is 159 Å². The van der Waals surface area contributed by atoms with Crippen molar-refractivity contribution in [1.82, 2.24) is 0 Å². The maximum Gasteiger partial charge on any atom is 0.416 e.